The van der Waals surface area contributed by atoms with Crippen LogP contribution >= 0.6 is 0 Å². The van der Waals surface area contributed by atoms with E-state index in [2.05, 4.69) is 54.0 Å². The van der Waals surface area contributed by atoms with Gasteiger partial charge in [-0.3, -0.25) is 4.79 Å². The van der Waals surface area contributed by atoms with E-state index in [-0.39, 0.29) is 17.7 Å². The fourth-order valence-electron chi connectivity index (χ4n) is 5.03. The van der Waals surface area contributed by atoms with Gasteiger partial charge in [-0.25, -0.2) is 0 Å². The molecule has 4 rings (SSSR count). The van der Waals surface area contributed by atoms with E-state index >= 15 is 0 Å². The van der Waals surface area contributed by atoms with Gasteiger partial charge in [0.15, 0.2) is 0 Å². The van der Waals surface area contributed by atoms with Crippen molar-refractivity contribution in [2.45, 2.75) is 58.5 Å². The third-order valence-electron chi connectivity index (χ3n) is 6.81. The highest BCUT2D eigenvalue weighted by Gasteiger charge is 2.26. The molecule has 0 saturated heterocycles. The first-order chi connectivity index (χ1) is 16.4. The standard InChI is InChI=1S/C29H35N3O2/c1-4-22-15-21(14-20-8-6-5-7-9-20)16-25-27(10-11-31-28(22)25)32-29(34)26(30)17-24-18(2)12-23(33)13-19(24)3/h5-9,12-13,15-16,26-27,31,33H,4,10-11,14,17,30H2,1-3H3,(H,32,34). The highest BCUT2D eigenvalue weighted by molar-refractivity contribution is 5.83. The lowest BCUT2D eigenvalue weighted by molar-refractivity contribution is -0.123. The Morgan fingerprint density at radius 2 is 1.82 bits per heavy atom. The fourth-order valence-corrected chi connectivity index (χ4v) is 5.03. The van der Waals surface area contributed by atoms with Crippen LogP contribution in [0.1, 0.15) is 58.3 Å². The molecular weight excluding hydrogens is 422 g/mol. The summed E-state index contributed by atoms with van der Waals surface area (Å²) in [5.74, 6) is 0.0948. The number of nitrogens with two attached hydrogens (primary N) is 1. The van der Waals surface area contributed by atoms with Gasteiger partial charge in [0.05, 0.1) is 12.1 Å². The maximum absolute atomic E-state index is 13.1. The van der Waals surface area contributed by atoms with Crippen LogP contribution in [0.25, 0.3) is 0 Å². The van der Waals surface area contributed by atoms with Crippen LogP contribution in [0.4, 0.5) is 5.69 Å². The predicted molar refractivity (Wildman–Crippen MR) is 138 cm³/mol. The predicted octanol–water partition coefficient (Wildman–Crippen LogP) is 4.71. The maximum Gasteiger partial charge on any atom is 0.237 e. The average molecular weight is 458 g/mol. The summed E-state index contributed by atoms with van der Waals surface area (Å²) in [6.07, 6.45) is 3.05. The third-order valence-corrected chi connectivity index (χ3v) is 6.81. The first kappa shape index (κ1) is 23.8. The van der Waals surface area contributed by atoms with Gasteiger partial charge in [0.1, 0.15) is 5.75 Å². The van der Waals surface area contributed by atoms with Crippen LogP contribution in [0.3, 0.4) is 0 Å². The van der Waals surface area contributed by atoms with Crippen LogP contribution in [0, 0.1) is 13.8 Å². The minimum absolute atomic E-state index is 0.0714. The lowest BCUT2D eigenvalue weighted by Gasteiger charge is -2.31. The van der Waals surface area contributed by atoms with Crippen molar-refractivity contribution in [3.63, 3.8) is 0 Å². The lowest BCUT2D eigenvalue weighted by atomic mass is 9.89. The molecule has 5 nitrogen and oxygen atoms in total. The molecule has 1 heterocycles. The molecule has 0 radical (unpaired) electrons. The Kier molecular flexibility index (Phi) is 7.23. The molecule has 0 aliphatic carbocycles. The minimum atomic E-state index is -0.654. The molecule has 1 amide bonds. The first-order valence-electron chi connectivity index (χ1n) is 12.1. The van der Waals surface area contributed by atoms with Crippen molar-refractivity contribution in [1.29, 1.82) is 0 Å². The van der Waals surface area contributed by atoms with Gasteiger partial charge in [0.25, 0.3) is 0 Å². The van der Waals surface area contributed by atoms with Gasteiger partial charge in [0, 0.05) is 12.2 Å². The molecule has 0 spiro atoms. The van der Waals surface area contributed by atoms with Crippen LogP contribution in [0.15, 0.2) is 54.6 Å². The summed E-state index contributed by atoms with van der Waals surface area (Å²) in [6.45, 7) is 6.87. The van der Waals surface area contributed by atoms with E-state index in [1.165, 1.54) is 16.7 Å². The number of aryl methyl sites for hydroxylation is 3. The number of hydrogen-bond donors (Lipinski definition) is 4. The number of carbonyl (C=O) groups excluding carboxylic acids is 1. The number of phenols is 1. The smallest absolute Gasteiger partial charge is 0.237 e. The first-order valence-corrected chi connectivity index (χ1v) is 12.1. The van der Waals surface area contributed by atoms with Crippen molar-refractivity contribution in [2.24, 2.45) is 5.73 Å². The summed E-state index contributed by atoms with van der Waals surface area (Å²) in [7, 11) is 0. The van der Waals surface area contributed by atoms with Crippen molar-refractivity contribution >= 4 is 11.6 Å². The average Bonchev–Trinajstić information content (AvgIpc) is 2.81. The summed E-state index contributed by atoms with van der Waals surface area (Å²) in [6, 6.07) is 17.7. The molecule has 0 saturated carbocycles. The van der Waals surface area contributed by atoms with Gasteiger partial charge in [0.2, 0.25) is 5.91 Å². The van der Waals surface area contributed by atoms with Crippen LogP contribution in [0.5, 0.6) is 5.75 Å². The van der Waals surface area contributed by atoms with Crippen LogP contribution < -0.4 is 16.4 Å². The Bertz CT molecular complexity index is 1150. The SMILES string of the molecule is CCc1cc(Cc2ccccc2)cc2c1NCCC2NC(=O)C(N)Cc1c(C)cc(O)cc1C. The Morgan fingerprint density at radius 1 is 1.12 bits per heavy atom. The number of rotatable bonds is 7. The molecule has 3 aromatic rings. The summed E-state index contributed by atoms with van der Waals surface area (Å²) in [4.78, 5) is 13.1. The third kappa shape index (κ3) is 5.26. The highest BCUT2D eigenvalue weighted by atomic mass is 16.3. The molecule has 5 N–H and O–H groups in total. The van der Waals surface area contributed by atoms with E-state index in [0.29, 0.717) is 6.42 Å². The van der Waals surface area contributed by atoms with E-state index in [4.69, 9.17) is 5.73 Å². The zero-order valence-electron chi connectivity index (χ0n) is 20.3. The van der Waals surface area contributed by atoms with Gasteiger partial charge >= 0.3 is 0 Å². The van der Waals surface area contributed by atoms with Crippen molar-refractivity contribution in [1.82, 2.24) is 5.32 Å². The molecule has 3 aromatic carbocycles. The van der Waals surface area contributed by atoms with E-state index in [1.54, 1.807) is 12.1 Å². The quantitative estimate of drug-likeness (QED) is 0.414. The number of carbonyl (C=O) groups is 1. The lowest BCUT2D eigenvalue weighted by Crippen LogP contribution is -2.45. The van der Waals surface area contributed by atoms with E-state index in [9.17, 15) is 9.90 Å². The van der Waals surface area contributed by atoms with Gasteiger partial charge in [-0.05, 0) is 90.6 Å². The molecule has 5 heteroatoms. The molecule has 2 atom stereocenters. The number of aromatic hydroxyl groups is 1. The number of phenolic OH excluding ortho intramolecular Hbond substituents is 1. The van der Waals surface area contributed by atoms with E-state index < -0.39 is 6.04 Å². The number of amides is 1. The number of hydrogen-bond acceptors (Lipinski definition) is 4. The van der Waals surface area contributed by atoms with Crippen molar-refractivity contribution < 1.29 is 9.90 Å². The van der Waals surface area contributed by atoms with Crippen LogP contribution in [-0.2, 0) is 24.1 Å². The topological polar surface area (TPSA) is 87.4 Å². The van der Waals surface area contributed by atoms with Gasteiger partial charge in [-0.2, -0.15) is 0 Å². The second-order valence-electron chi connectivity index (χ2n) is 9.38. The van der Waals surface area contributed by atoms with Crippen LogP contribution in [0.2, 0.25) is 0 Å². The largest absolute Gasteiger partial charge is 0.508 e. The second-order valence-corrected chi connectivity index (χ2v) is 9.38. The van der Waals surface area contributed by atoms with Crippen molar-refractivity contribution in [3.8, 4) is 5.75 Å². The molecule has 178 valence electrons. The van der Waals surface area contributed by atoms with E-state index in [1.807, 2.05) is 19.9 Å². The normalized spacial score (nSPS) is 15.8. The Hall–Kier alpha value is -3.31. The molecular formula is C29H35N3O2. The highest BCUT2D eigenvalue weighted by Crippen LogP contribution is 2.35. The molecule has 2 unspecified atom stereocenters. The van der Waals surface area contributed by atoms with E-state index in [0.717, 1.165) is 53.7 Å². The Morgan fingerprint density at radius 3 is 2.50 bits per heavy atom. The number of benzene rings is 3. The second kappa shape index (κ2) is 10.3. The summed E-state index contributed by atoms with van der Waals surface area (Å²) < 4.78 is 0. The van der Waals surface area contributed by atoms with Gasteiger partial charge in [-0.15, -0.1) is 0 Å². The van der Waals surface area contributed by atoms with Crippen molar-refractivity contribution in [3.05, 3.63) is 93.5 Å². The van der Waals surface area contributed by atoms with Crippen molar-refractivity contribution in [2.75, 3.05) is 11.9 Å². The molecule has 1 aliphatic rings. The summed E-state index contributed by atoms with van der Waals surface area (Å²) in [5.41, 5.74) is 15.4. The Labute approximate surface area is 202 Å². The van der Waals surface area contributed by atoms with Gasteiger partial charge in [-0.1, -0.05) is 49.4 Å². The molecule has 1 aliphatic heterocycles. The van der Waals surface area contributed by atoms with Crippen LogP contribution in [-0.4, -0.2) is 23.6 Å². The zero-order valence-corrected chi connectivity index (χ0v) is 20.3. The number of nitrogens with one attached hydrogen (secondary N) is 2. The zero-order chi connectivity index (χ0) is 24.2. The number of anilines is 1. The Balaban J connectivity index is 1.54. The fraction of sp³-hybridized carbons (Fsp3) is 0.345. The van der Waals surface area contributed by atoms with Gasteiger partial charge < -0.3 is 21.5 Å². The number of fused-ring (bicyclic) bond motifs is 1. The summed E-state index contributed by atoms with van der Waals surface area (Å²) >= 11 is 0. The maximum atomic E-state index is 13.1. The summed E-state index contributed by atoms with van der Waals surface area (Å²) in [5, 5.41) is 16.6. The minimum Gasteiger partial charge on any atom is -0.508 e. The molecule has 0 fully saturated rings. The molecule has 34 heavy (non-hydrogen) atoms. The monoisotopic (exact) mass is 457 g/mol. The molecule has 0 bridgehead atoms. The molecule has 0 aromatic heterocycles.